The van der Waals surface area contributed by atoms with Crippen LogP contribution in [0.25, 0.3) is 0 Å². The van der Waals surface area contributed by atoms with E-state index in [9.17, 15) is 0 Å². The Hall–Kier alpha value is 0.1000. The molecule has 1 saturated carbocycles. The lowest BCUT2D eigenvalue weighted by molar-refractivity contribution is 0.184. The lowest BCUT2D eigenvalue weighted by Crippen LogP contribution is -2.37. The first-order valence-corrected chi connectivity index (χ1v) is 8.61. The van der Waals surface area contributed by atoms with E-state index in [0.29, 0.717) is 0 Å². The quantitative estimate of drug-likeness (QED) is 0.731. The molecule has 102 valence electrons. The van der Waals surface area contributed by atoms with E-state index in [4.69, 9.17) is 0 Å². The molecule has 0 radical (unpaired) electrons. The average Bonchev–Trinajstić information content (AvgIpc) is 2.72. The third kappa shape index (κ3) is 4.65. The first kappa shape index (κ1) is 14.5. The van der Waals surface area contributed by atoms with Crippen LogP contribution < -0.4 is 5.32 Å². The van der Waals surface area contributed by atoms with Gasteiger partial charge in [0.15, 0.2) is 0 Å². The second kappa shape index (κ2) is 7.63. The van der Waals surface area contributed by atoms with E-state index in [0.717, 1.165) is 19.0 Å². The van der Waals surface area contributed by atoms with Crippen LogP contribution >= 0.6 is 27.3 Å². The van der Waals surface area contributed by atoms with Gasteiger partial charge in [-0.2, -0.15) is 0 Å². The summed E-state index contributed by atoms with van der Waals surface area (Å²) in [6.07, 6.45) is 4.36. The van der Waals surface area contributed by atoms with Gasteiger partial charge < -0.3 is 10.2 Å². The standard InChI is InChI=1S/C14H23BrN2S/c1-2-17(10-12-4-3-5-12)7-6-16-9-14-8-13(15)11-18-14/h8,11-12,16H,2-7,9-10H2,1H3. The zero-order valence-corrected chi connectivity index (χ0v) is 13.5. The molecule has 0 aliphatic heterocycles. The summed E-state index contributed by atoms with van der Waals surface area (Å²) in [4.78, 5) is 3.99. The van der Waals surface area contributed by atoms with Gasteiger partial charge in [-0.3, -0.25) is 0 Å². The molecular formula is C14H23BrN2S. The van der Waals surface area contributed by atoms with Gasteiger partial charge >= 0.3 is 0 Å². The normalized spacial score (nSPS) is 16.2. The van der Waals surface area contributed by atoms with E-state index in [2.05, 4.69) is 44.5 Å². The van der Waals surface area contributed by atoms with Crippen LogP contribution in [0.5, 0.6) is 0 Å². The number of hydrogen-bond acceptors (Lipinski definition) is 3. The number of nitrogens with one attached hydrogen (secondary N) is 1. The van der Waals surface area contributed by atoms with Gasteiger partial charge in [-0.15, -0.1) is 11.3 Å². The van der Waals surface area contributed by atoms with E-state index < -0.39 is 0 Å². The smallest absolute Gasteiger partial charge is 0.0300 e. The lowest BCUT2D eigenvalue weighted by atomic mass is 9.85. The van der Waals surface area contributed by atoms with Crippen molar-refractivity contribution in [2.24, 2.45) is 5.92 Å². The molecule has 1 heterocycles. The molecule has 0 spiro atoms. The minimum Gasteiger partial charge on any atom is -0.311 e. The first-order valence-electron chi connectivity index (χ1n) is 6.94. The van der Waals surface area contributed by atoms with Gasteiger partial charge in [0, 0.05) is 40.9 Å². The molecule has 1 aliphatic carbocycles. The maximum absolute atomic E-state index is 3.54. The van der Waals surface area contributed by atoms with Crippen molar-refractivity contribution in [3.05, 3.63) is 20.8 Å². The van der Waals surface area contributed by atoms with E-state index >= 15 is 0 Å². The summed E-state index contributed by atoms with van der Waals surface area (Å²) in [5.74, 6) is 0.984. The molecule has 0 amide bonds. The lowest BCUT2D eigenvalue weighted by Gasteiger charge is -2.31. The molecule has 0 unspecified atom stereocenters. The van der Waals surface area contributed by atoms with Crippen molar-refractivity contribution in [2.75, 3.05) is 26.2 Å². The maximum atomic E-state index is 3.54. The zero-order valence-electron chi connectivity index (χ0n) is 11.1. The van der Waals surface area contributed by atoms with Gasteiger partial charge in [-0.25, -0.2) is 0 Å². The van der Waals surface area contributed by atoms with Crippen molar-refractivity contribution in [3.63, 3.8) is 0 Å². The summed E-state index contributed by atoms with van der Waals surface area (Å²) >= 11 is 5.31. The predicted octanol–water partition coefficient (Wildman–Crippen LogP) is 3.72. The molecule has 2 rings (SSSR count). The Morgan fingerprint density at radius 1 is 1.50 bits per heavy atom. The summed E-state index contributed by atoms with van der Waals surface area (Å²) < 4.78 is 1.20. The van der Waals surface area contributed by atoms with Crippen LogP contribution in [0.1, 0.15) is 31.1 Å². The molecule has 1 N–H and O–H groups in total. The van der Waals surface area contributed by atoms with Crippen molar-refractivity contribution in [3.8, 4) is 0 Å². The fourth-order valence-corrected chi connectivity index (χ4v) is 3.73. The molecule has 2 nitrogen and oxygen atoms in total. The third-order valence-corrected chi connectivity index (χ3v) is 5.41. The molecular weight excluding hydrogens is 308 g/mol. The third-order valence-electron chi connectivity index (χ3n) is 3.71. The Bertz CT molecular complexity index is 349. The van der Waals surface area contributed by atoms with E-state index in [1.165, 1.54) is 48.2 Å². The Morgan fingerprint density at radius 2 is 2.33 bits per heavy atom. The SMILES string of the molecule is CCN(CCNCc1cc(Br)cs1)CC1CCC1. The molecule has 1 fully saturated rings. The number of thiophene rings is 1. The molecule has 0 bridgehead atoms. The first-order chi connectivity index (χ1) is 8.78. The van der Waals surface area contributed by atoms with E-state index in [-0.39, 0.29) is 0 Å². The topological polar surface area (TPSA) is 15.3 Å². The Kier molecular flexibility index (Phi) is 6.15. The van der Waals surface area contributed by atoms with Crippen LogP contribution in [0.3, 0.4) is 0 Å². The number of hydrogen-bond donors (Lipinski definition) is 1. The van der Waals surface area contributed by atoms with Gasteiger partial charge in [0.25, 0.3) is 0 Å². The van der Waals surface area contributed by atoms with E-state index in [1.807, 2.05) is 11.3 Å². The van der Waals surface area contributed by atoms with Gasteiger partial charge in [0.1, 0.15) is 0 Å². The molecule has 1 aromatic rings. The highest BCUT2D eigenvalue weighted by Gasteiger charge is 2.19. The van der Waals surface area contributed by atoms with Gasteiger partial charge in [0.2, 0.25) is 0 Å². The van der Waals surface area contributed by atoms with Crippen LogP contribution in [0, 0.1) is 5.92 Å². The fourth-order valence-electron chi connectivity index (χ4n) is 2.31. The Balaban J connectivity index is 1.58. The number of halogens is 1. The van der Waals surface area contributed by atoms with Gasteiger partial charge in [-0.1, -0.05) is 13.3 Å². The number of nitrogens with zero attached hydrogens (tertiary/aromatic N) is 1. The van der Waals surface area contributed by atoms with Crippen molar-refractivity contribution in [1.82, 2.24) is 10.2 Å². The van der Waals surface area contributed by atoms with Crippen LogP contribution in [0.2, 0.25) is 0 Å². The van der Waals surface area contributed by atoms with Gasteiger partial charge in [-0.05, 0) is 47.3 Å². The molecule has 4 heteroatoms. The second-order valence-electron chi connectivity index (χ2n) is 5.10. The summed E-state index contributed by atoms with van der Waals surface area (Å²) in [6, 6.07) is 2.20. The Labute approximate surface area is 123 Å². The summed E-state index contributed by atoms with van der Waals surface area (Å²) in [7, 11) is 0. The zero-order chi connectivity index (χ0) is 12.8. The van der Waals surface area contributed by atoms with Crippen molar-refractivity contribution in [2.45, 2.75) is 32.7 Å². The maximum Gasteiger partial charge on any atom is 0.0300 e. The highest BCUT2D eigenvalue weighted by molar-refractivity contribution is 9.10. The summed E-state index contributed by atoms with van der Waals surface area (Å²) in [5, 5.41) is 5.68. The molecule has 18 heavy (non-hydrogen) atoms. The highest BCUT2D eigenvalue weighted by Crippen LogP contribution is 2.26. The minimum atomic E-state index is 0.984. The molecule has 0 atom stereocenters. The number of rotatable bonds is 8. The monoisotopic (exact) mass is 330 g/mol. The van der Waals surface area contributed by atoms with Crippen molar-refractivity contribution >= 4 is 27.3 Å². The second-order valence-corrected chi connectivity index (χ2v) is 7.01. The fraction of sp³-hybridized carbons (Fsp3) is 0.714. The molecule has 1 aliphatic rings. The van der Waals surface area contributed by atoms with Crippen molar-refractivity contribution < 1.29 is 0 Å². The minimum absolute atomic E-state index is 0.984. The van der Waals surface area contributed by atoms with Crippen LogP contribution in [0.4, 0.5) is 0 Å². The molecule has 1 aromatic heterocycles. The van der Waals surface area contributed by atoms with Crippen LogP contribution in [-0.4, -0.2) is 31.1 Å². The molecule has 0 saturated heterocycles. The van der Waals surface area contributed by atoms with Crippen LogP contribution in [0.15, 0.2) is 15.9 Å². The highest BCUT2D eigenvalue weighted by atomic mass is 79.9. The summed E-state index contributed by atoms with van der Waals surface area (Å²) in [5.41, 5.74) is 0. The number of likely N-dealkylation sites (N-methyl/N-ethyl adjacent to an activating group) is 1. The average molecular weight is 331 g/mol. The van der Waals surface area contributed by atoms with Crippen molar-refractivity contribution in [1.29, 1.82) is 0 Å². The van der Waals surface area contributed by atoms with Gasteiger partial charge in [0.05, 0.1) is 0 Å². The largest absolute Gasteiger partial charge is 0.311 e. The van der Waals surface area contributed by atoms with E-state index in [1.54, 1.807) is 0 Å². The summed E-state index contributed by atoms with van der Waals surface area (Å²) in [6.45, 7) is 8.04. The van der Waals surface area contributed by atoms with Crippen LogP contribution in [-0.2, 0) is 6.54 Å². The Morgan fingerprint density at radius 3 is 2.89 bits per heavy atom. The predicted molar refractivity (Wildman–Crippen MR) is 83.2 cm³/mol. The molecule has 0 aromatic carbocycles.